The first-order valence-electron chi connectivity index (χ1n) is 6.58. The minimum absolute atomic E-state index is 0.140. The molecule has 1 aliphatic carbocycles. The van der Waals surface area contributed by atoms with Gasteiger partial charge in [-0.25, -0.2) is 0 Å². The van der Waals surface area contributed by atoms with Crippen molar-refractivity contribution in [3.63, 3.8) is 0 Å². The monoisotopic (exact) mass is 292 g/mol. The van der Waals surface area contributed by atoms with Gasteiger partial charge in [-0.05, 0) is 34.2 Å². The third-order valence-corrected chi connectivity index (χ3v) is 4.15. The van der Waals surface area contributed by atoms with E-state index < -0.39 is 5.24 Å². The number of carbonyl (C=O) groups is 2. The van der Waals surface area contributed by atoms with Crippen LogP contribution in [0.4, 0.5) is 0 Å². The Morgan fingerprint density at radius 1 is 0.810 bits per heavy atom. The molecule has 0 saturated carbocycles. The van der Waals surface area contributed by atoms with Crippen molar-refractivity contribution in [2.75, 3.05) is 0 Å². The fourth-order valence-electron chi connectivity index (χ4n) is 3.05. The zero-order valence-electron chi connectivity index (χ0n) is 10.9. The molecule has 0 aliphatic heterocycles. The quantitative estimate of drug-likeness (QED) is 0.486. The predicted molar refractivity (Wildman–Crippen MR) is 83.0 cm³/mol. The first-order chi connectivity index (χ1) is 10.2. The highest BCUT2D eigenvalue weighted by Gasteiger charge is 2.28. The second-order valence-electron chi connectivity index (χ2n) is 5.04. The molecule has 1 aliphatic rings. The number of hydrogen-bond donors (Lipinski definition) is 0. The van der Waals surface area contributed by atoms with Crippen molar-refractivity contribution >= 4 is 33.4 Å². The lowest BCUT2D eigenvalue weighted by Gasteiger charge is -2.21. The van der Waals surface area contributed by atoms with Gasteiger partial charge in [0.15, 0.2) is 5.78 Å². The van der Waals surface area contributed by atoms with Crippen LogP contribution in [0.2, 0.25) is 0 Å². The molecule has 0 spiro atoms. The Morgan fingerprint density at radius 3 is 2.29 bits per heavy atom. The molecule has 4 rings (SSSR count). The van der Waals surface area contributed by atoms with Gasteiger partial charge in [-0.2, -0.15) is 0 Å². The molecule has 0 amide bonds. The molecular weight excluding hydrogens is 284 g/mol. The maximum Gasteiger partial charge on any atom is 0.253 e. The molecule has 0 fully saturated rings. The van der Waals surface area contributed by atoms with Crippen molar-refractivity contribution in [3.05, 3.63) is 71.3 Å². The van der Waals surface area contributed by atoms with Crippen LogP contribution >= 0.6 is 11.6 Å². The van der Waals surface area contributed by atoms with Crippen molar-refractivity contribution in [1.82, 2.24) is 0 Å². The standard InChI is InChI=1S/C18H9ClO2/c19-18(21)14-9-8-10-4-3-7-12-11-5-1-2-6-13(11)17(20)16(14)15(10)12/h1-9H. The Bertz CT molecular complexity index is 941. The SMILES string of the molecule is O=C(Cl)c1ccc2cccc3c2c1C(=O)c1ccccc1-3. The summed E-state index contributed by atoms with van der Waals surface area (Å²) in [4.78, 5) is 24.5. The number of fused-ring (bicyclic) bond motifs is 2. The van der Waals surface area contributed by atoms with Gasteiger partial charge >= 0.3 is 0 Å². The van der Waals surface area contributed by atoms with E-state index in [9.17, 15) is 9.59 Å². The third-order valence-electron chi connectivity index (χ3n) is 3.95. The summed E-state index contributed by atoms with van der Waals surface area (Å²) in [6, 6.07) is 16.8. The lowest BCUT2D eigenvalue weighted by atomic mass is 9.81. The largest absolute Gasteiger partial charge is 0.289 e. The van der Waals surface area contributed by atoms with Crippen LogP contribution < -0.4 is 0 Å². The van der Waals surface area contributed by atoms with Crippen LogP contribution in [0.3, 0.4) is 0 Å². The van der Waals surface area contributed by atoms with E-state index in [0.717, 1.165) is 21.9 Å². The molecule has 0 aromatic heterocycles. The summed E-state index contributed by atoms with van der Waals surface area (Å²) in [6.07, 6.45) is 0. The summed E-state index contributed by atoms with van der Waals surface area (Å²) < 4.78 is 0. The zero-order valence-corrected chi connectivity index (χ0v) is 11.6. The van der Waals surface area contributed by atoms with Gasteiger partial charge in [0, 0.05) is 22.1 Å². The third kappa shape index (κ3) is 1.60. The van der Waals surface area contributed by atoms with Crippen LogP contribution in [0, 0.1) is 0 Å². The van der Waals surface area contributed by atoms with Gasteiger partial charge in [-0.3, -0.25) is 9.59 Å². The van der Waals surface area contributed by atoms with Crippen LogP contribution in [0.1, 0.15) is 26.3 Å². The van der Waals surface area contributed by atoms with E-state index >= 15 is 0 Å². The topological polar surface area (TPSA) is 34.1 Å². The average molecular weight is 293 g/mol. The van der Waals surface area contributed by atoms with Gasteiger partial charge in [-0.1, -0.05) is 48.5 Å². The Labute approximate surface area is 126 Å². The lowest BCUT2D eigenvalue weighted by Crippen LogP contribution is -2.13. The van der Waals surface area contributed by atoms with Crippen molar-refractivity contribution in [2.45, 2.75) is 0 Å². The maximum atomic E-state index is 12.8. The van der Waals surface area contributed by atoms with Gasteiger partial charge in [0.25, 0.3) is 5.24 Å². The van der Waals surface area contributed by atoms with Gasteiger partial charge in [-0.15, -0.1) is 0 Å². The molecule has 3 heteroatoms. The summed E-state index contributed by atoms with van der Waals surface area (Å²) in [6.45, 7) is 0. The van der Waals surface area contributed by atoms with Crippen molar-refractivity contribution in [3.8, 4) is 11.1 Å². The van der Waals surface area contributed by atoms with E-state index in [4.69, 9.17) is 11.6 Å². The number of hydrogen-bond acceptors (Lipinski definition) is 2. The zero-order chi connectivity index (χ0) is 14.6. The number of benzene rings is 3. The van der Waals surface area contributed by atoms with Crippen molar-refractivity contribution in [2.24, 2.45) is 0 Å². The minimum Gasteiger partial charge on any atom is -0.289 e. The van der Waals surface area contributed by atoms with Gasteiger partial charge in [0.05, 0.1) is 0 Å². The second-order valence-corrected chi connectivity index (χ2v) is 5.38. The number of rotatable bonds is 1. The van der Waals surface area contributed by atoms with Crippen LogP contribution in [-0.2, 0) is 0 Å². The van der Waals surface area contributed by atoms with Gasteiger partial charge in [0.1, 0.15) is 0 Å². The molecule has 3 aromatic rings. The van der Waals surface area contributed by atoms with Crippen molar-refractivity contribution < 1.29 is 9.59 Å². The summed E-state index contributed by atoms with van der Waals surface area (Å²) in [5.74, 6) is -0.140. The van der Waals surface area contributed by atoms with Crippen LogP contribution in [0.25, 0.3) is 21.9 Å². The molecular formula is C18H9ClO2. The Hall–Kier alpha value is -2.45. The first-order valence-corrected chi connectivity index (χ1v) is 6.96. The predicted octanol–water partition coefficient (Wildman–Crippen LogP) is 4.43. The Balaban J connectivity index is 2.27. The summed E-state index contributed by atoms with van der Waals surface area (Å²) >= 11 is 5.67. The number of halogens is 1. The van der Waals surface area contributed by atoms with Crippen molar-refractivity contribution in [1.29, 1.82) is 0 Å². The fraction of sp³-hybridized carbons (Fsp3) is 0. The maximum absolute atomic E-state index is 12.8. The summed E-state index contributed by atoms with van der Waals surface area (Å²) in [5.41, 5.74) is 3.18. The Morgan fingerprint density at radius 2 is 1.52 bits per heavy atom. The van der Waals surface area contributed by atoms with E-state index in [1.165, 1.54) is 0 Å². The second kappa shape index (κ2) is 4.27. The molecule has 0 radical (unpaired) electrons. The van der Waals surface area contributed by atoms with E-state index in [1.807, 2.05) is 42.5 Å². The molecule has 0 bridgehead atoms. The molecule has 3 aromatic carbocycles. The van der Waals surface area contributed by atoms with E-state index in [0.29, 0.717) is 11.1 Å². The first kappa shape index (κ1) is 12.3. The molecule has 100 valence electrons. The van der Waals surface area contributed by atoms with Gasteiger partial charge < -0.3 is 0 Å². The molecule has 0 atom stereocenters. The summed E-state index contributed by atoms with van der Waals surface area (Å²) in [7, 11) is 0. The molecule has 0 heterocycles. The molecule has 0 unspecified atom stereocenters. The number of ketones is 1. The molecule has 2 nitrogen and oxygen atoms in total. The highest BCUT2D eigenvalue weighted by Crippen LogP contribution is 2.40. The van der Waals surface area contributed by atoms with Crippen LogP contribution in [-0.4, -0.2) is 11.0 Å². The van der Waals surface area contributed by atoms with E-state index in [-0.39, 0.29) is 11.3 Å². The normalized spacial score (nSPS) is 12.3. The lowest BCUT2D eigenvalue weighted by molar-refractivity contribution is 0.102. The Kier molecular flexibility index (Phi) is 2.50. The molecule has 0 saturated heterocycles. The minimum atomic E-state index is -0.602. The molecule has 0 N–H and O–H groups in total. The highest BCUT2D eigenvalue weighted by atomic mass is 35.5. The van der Waals surface area contributed by atoms with E-state index in [2.05, 4.69) is 0 Å². The van der Waals surface area contributed by atoms with E-state index in [1.54, 1.807) is 12.1 Å². The average Bonchev–Trinajstić information content (AvgIpc) is 2.51. The highest BCUT2D eigenvalue weighted by molar-refractivity contribution is 6.68. The number of carbonyl (C=O) groups excluding carboxylic acids is 2. The van der Waals surface area contributed by atoms with Crippen LogP contribution in [0.5, 0.6) is 0 Å². The van der Waals surface area contributed by atoms with Crippen LogP contribution in [0.15, 0.2) is 54.6 Å². The molecule has 21 heavy (non-hydrogen) atoms. The fourth-order valence-corrected chi connectivity index (χ4v) is 3.21. The summed E-state index contributed by atoms with van der Waals surface area (Å²) in [5, 5.41) is 1.15. The van der Waals surface area contributed by atoms with Gasteiger partial charge in [0.2, 0.25) is 0 Å². The smallest absolute Gasteiger partial charge is 0.253 e.